The van der Waals surface area contributed by atoms with E-state index in [-0.39, 0.29) is 17.3 Å². The van der Waals surface area contributed by atoms with Crippen molar-refractivity contribution >= 4 is 27.5 Å². The number of anilines is 1. The van der Waals surface area contributed by atoms with Crippen molar-refractivity contribution < 1.29 is 12.8 Å². The first-order chi connectivity index (χ1) is 10.4. The number of nitrogens with one attached hydrogen (secondary N) is 1. The molecule has 0 fully saturated rings. The molecule has 0 radical (unpaired) electrons. The van der Waals surface area contributed by atoms with Crippen LogP contribution >= 0.6 is 11.8 Å². The highest BCUT2D eigenvalue weighted by Crippen LogP contribution is 2.18. The monoisotopic (exact) mass is 340 g/mol. The van der Waals surface area contributed by atoms with Crippen molar-refractivity contribution in [2.75, 3.05) is 12.0 Å². The maximum absolute atomic E-state index is 13.3. The fraction of sp³-hybridized carbons (Fsp3) is 0.200. The summed E-state index contributed by atoms with van der Waals surface area (Å²) < 4.78 is 40.3. The van der Waals surface area contributed by atoms with Crippen molar-refractivity contribution in [1.82, 2.24) is 4.72 Å². The summed E-state index contributed by atoms with van der Waals surface area (Å²) in [5, 5.41) is 0. The molecular weight excluding hydrogens is 323 g/mol. The number of hydrogen-bond acceptors (Lipinski definition) is 4. The Kier molecular flexibility index (Phi) is 5.44. The van der Waals surface area contributed by atoms with Gasteiger partial charge in [0.2, 0.25) is 10.0 Å². The summed E-state index contributed by atoms with van der Waals surface area (Å²) in [5.74, 6) is 0.297. The zero-order valence-corrected chi connectivity index (χ0v) is 13.7. The molecule has 0 spiro atoms. The second-order valence-electron chi connectivity index (χ2n) is 4.74. The fourth-order valence-corrected chi connectivity index (χ4v) is 3.55. The van der Waals surface area contributed by atoms with Gasteiger partial charge in [0.15, 0.2) is 0 Å². The molecule has 2 rings (SSSR count). The fourth-order valence-electron chi connectivity index (χ4n) is 1.96. The Balaban J connectivity index is 2.17. The van der Waals surface area contributed by atoms with Crippen molar-refractivity contribution in [3.05, 3.63) is 59.4 Å². The number of nitrogens with two attached hydrogens (primary N) is 1. The van der Waals surface area contributed by atoms with Gasteiger partial charge in [0, 0.05) is 18.0 Å². The van der Waals surface area contributed by atoms with Crippen LogP contribution in [0.2, 0.25) is 0 Å². The summed E-state index contributed by atoms with van der Waals surface area (Å²) in [6.45, 7) is 0.114. The highest BCUT2D eigenvalue weighted by atomic mass is 32.2. The van der Waals surface area contributed by atoms with Crippen molar-refractivity contribution in [3.8, 4) is 0 Å². The van der Waals surface area contributed by atoms with E-state index in [9.17, 15) is 12.8 Å². The molecule has 0 aliphatic heterocycles. The number of hydrogen-bond donors (Lipinski definition) is 2. The third-order valence-electron chi connectivity index (χ3n) is 3.11. The number of sulfonamides is 1. The van der Waals surface area contributed by atoms with Gasteiger partial charge in [0.05, 0.1) is 4.90 Å². The van der Waals surface area contributed by atoms with Crippen molar-refractivity contribution in [2.45, 2.75) is 17.2 Å². The van der Waals surface area contributed by atoms with Gasteiger partial charge in [0.1, 0.15) is 5.82 Å². The van der Waals surface area contributed by atoms with Gasteiger partial charge in [-0.15, -0.1) is 0 Å². The minimum Gasteiger partial charge on any atom is -0.399 e. The molecule has 3 N–H and O–H groups in total. The molecule has 0 amide bonds. The standard InChI is InChI=1S/C15H17FN2O2S2/c1-21-10-12-8-13(16)3-2-11(12)9-18-22(19,20)15-6-4-14(17)5-7-15/h2-8,18H,9-10,17H2,1H3. The lowest BCUT2D eigenvalue weighted by Gasteiger charge is -2.11. The van der Waals surface area contributed by atoms with E-state index in [1.165, 1.54) is 36.4 Å². The van der Waals surface area contributed by atoms with E-state index in [1.807, 2.05) is 6.26 Å². The maximum atomic E-state index is 13.3. The molecule has 118 valence electrons. The van der Waals surface area contributed by atoms with E-state index in [0.29, 0.717) is 11.4 Å². The molecule has 0 saturated carbocycles. The third kappa shape index (κ3) is 4.22. The predicted molar refractivity (Wildman–Crippen MR) is 88.5 cm³/mol. The normalized spacial score (nSPS) is 11.5. The van der Waals surface area contributed by atoms with E-state index in [2.05, 4.69) is 4.72 Å². The van der Waals surface area contributed by atoms with E-state index < -0.39 is 10.0 Å². The Bertz CT molecular complexity index is 747. The first kappa shape index (κ1) is 16.8. The Hall–Kier alpha value is -1.57. The summed E-state index contributed by atoms with van der Waals surface area (Å²) >= 11 is 1.55. The van der Waals surface area contributed by atoms with Crippen LogP contribution in [-0.2, 0) is 22.3 Å². The van der Waals surface area contributed by atoms with Crippen molar-refractivity contribution in [2.24, 2.45) is 0 Å². The lowest BCUT2D eigenvalue weighted by molar-refractivity contribution is 0.581. The van der Waals surface area contributed by atoms with Crippen LogP contribution in [0.1, 0.15) is 11.1 Å². The predicted octanol–water partition coefficient (Wildman–Crippen LogP) is 2.75. The van der Waals surface area contributed by atoms with E-state index in [4.69, 9.17) is 5.73 Å². The van der Waals surface area contributed by atoms with Crippen LogP contribution < -0.4 is 10.5 Å². The van der Waals surface area contributed by atoms with Gasteiger partial charge in [-0.1, -0.05) is 6.07 Å². The van der Waals surface area contributed by atoms with Crippen molar-refractivity contribution in [1.29, 1.82) is 0 Å². The molecule has 22 heavy (non-hydrogen) atoms. The molecule has 4 nitrogen and oxygen atoms in total. The number of thioether (sulfide) groups is 1. The quantitative estimate of drug-likeness (QED) is 0.793. The second kappa shape index (κ2) is 7.13. The third-order valence-corrected chi connectivity index (χ3v) is 5.13. The molecule has 0 bridgehead atoms. The average Bonchev–Trinajstić information content (AvgIpc) is 2.47. The zero-order valence-electron chi connectivity index (χ0n) is 12.0. The number of halogens is 1. The molecule has 0 aliphatic carbocycles. The van der Waals surface area contributed by atoms with Crippen LogP contribution in [0.3, 0.4) is 0 Å². The van der Waals surface area contributed by atoms with Gasteiger partial charge in [0.25, 0.3) is 0 Å². The second-order valence-corrected chi connectivity index (χ2v) is 7.37. The van der Waals surface area contributed by atoms with Gasteiger partial charge in [-0.2, -0.15) is 11.8 Å². The Morgan fingerprint density at radius 3 is 2.45 bits per heavy atom. The SMILES string of the molecule is CSCc1cc(F)ccc1CNS(=O)(=O)c1ccc(N)cc1. The van der Waals surface area contributed by atoms with E-state index in [1.54, 1.807) is 17.8 Å². The molecule has 0 unspecified atom stereocenters. The van der Waals surface area contributed by atoms with Gasteiger partial charge >= 0.3 is 0 Å². The highest BCUT2D eigenvalue weighted by molar-refractivity contribution is 7.97. The Morgan fingerprint density at radius 2 is 1.82 bits per heavy atom. The molecule has 7 heteroatoms. The van der Waals surface area contributed by atoms with Gasteiger partial charge in [-0.25, -0.2) is 17.5 Å². The molecule has 2 aromatic carbocycles. The summed E-state index contributed by atoms with van der Waals surface area (Å²) in [6.07, 6.45) is 1.91. The van der Waals surface area contributed by atoms with E-state index in [0.717, 1.165) is 11.1 Å². The van der Waals surface area contributed by atoms with Crippen LogP contribution in [0.4, 0.5) is 10.1 Å². The smallest absolute Gasteiger partial charge is 0.240 e. The first-order valence-electron chi connectivity index (χ1n) is 6.54. The Morgan fingerprint density at radius 1 is 1.14 bits per heavy atom. The number of nitrogen functional groups attached to an aromatic ring is 1. The average molecular weight is 340 g/mol. The summed E-state index contributed by atoms with van der Waals surface area (Å²) in [6, 6.07) is 10.3. The minimum absolute atomic E-state index is 0.114. The molecule has 2 aromatic rings. The van der Waals surface area contributed by atoms with Gasteiger partial charge in [-0.05, 0) is 53.8 Å². The topological polar surface area (TPSA) is 72.2 Å². The molecule has 0 heterocycles. The lowest BCUT2D eigenvalue weighted by atomic mass is 10.1. The summed E-state index contributed by atoms with van der Waals surface area (Å²) in [7, 11) is -3.62. The summed E-state index contributed by atoms with van der Waals surface area (Å²) in [5.41, 5.74) is 7.59. The molecular formula is C15H17FN2O2S2. The van der Waals surface area contributed by atoms with Gasteiger partial charge < -0.3 is 5.73 Å². The number of benzene rings is 2. The zero-order chi connectivity index (χ0) is 16.2. The van der Waals surface area contributed by atoms with Crippen LogP contribution in [-0.4, -0.2) is 14.7 Å². The minimum atomic E-state index is -3.62. The van der Waals surface area contributed by atoms with Crippen LogP contribution in [0.5, 0.6) is 0 Å². The summed E-state index contributed by atoms with van der Waals surface area (Å²) in [4.78, 5) is 0.148. The molecule has 0 saturated heterocycles. The molecule has 0 aromatic heterocycles. The van der Waals surface area contributed by atoms with Crippen LogP contribution in [0.15, 0.2) is 47.4 Å². The largest absolute Gasteiger partial charge is 0.399 e. The van der Waals surface area contributed by atoms with Gasteiger partial charge in [-0.3, -0.25) is 0 Å². The highest BCUT2D eigenvalue weighted by Gasteiger charge is 2.14. The first-order valence-corrected chi connectivity index (χ1v) is 9.41. The van der Waals surface area contributed by atoms with Crippen LogP contribution in [0.25, 0.3) is 0 Å². The molecule has 0 atom stereocenters. The Labute approximate surface area is 134 Å². The van der Waals surface area contributed by atoms with Crippen LogP contribution in [0, 0.1) is 5.82 Å². The maximum Gasteiger partial charge on any atom is 0.240 e. The van der Waals surface area contributed by atoms with E-state index >= 15 is 0 Å². The lowest BCUT2D eigenvalue weighted by Crippen LogP contribution is -2.23. The number of rotatable bonds is 6. The van der Waals surface area contributed by atoms with Crippen molar-refractivity contribution in [3.63, 3.8) is 0 Å². The molecule has 0 aliphatic rings.